The van der Waals surface area contributed by atoms with Gasteiger partial charge < -0.3 is 14.9 Å². The molecule has 0 aromatic heterocycles. The van der Waals surface area contributed by atoms with Gasteiger partial charge in [0.05, 0.1) is 0 Å². The Morgan fingerprint density at radius 2 is 1.55 bits per heavy atom. The van der Waals surface area contributed by atoms with E-state index >= 15 is 0 Å². The summed E-state index contributed by atoms with van der Waals surface area (Å²) in [6.45, 7) is 0. The molecule has 0 saturated carbocycles. The number of aliphatic carboxylic acids is 1. The van der Waals surface area contributed by atoms with Crippen LogP contribution in [0, 0.1) is 0 Å². The molecule has 0 aliphatic heterocycles. The third-order valence-electron chi connectivity index (χ3n) is 2.97. The van der Waals surface area contributed by atoms with E-state index < -0.39 is 24.1 Å². The van der Waals surface area contributed by atoms with Gasteiger partial charge in [0.15, 0.2) is 6.10 Å². The van der Waals surface area contributed by atoms with Crippen LogP contribution in [0.25, 0.3) is 0 Å². The fraction of sp³-hybridized carbons (Fsp3) is 0.125. The fourth-order valence-corrected chi connectivity index (χ4v) is 1.98. The SMILES string of the molecule is O=C(OC(C(=O)O)c1ccccc1)C(O)c1ccc(Cl)cc1. The van der Waals surface area contributed by atoms with Gasteiger partial charge in [-0.15, -0.1) is 0 Å². The second-order valence-corrected chi connectivity index (χ2v) is 4.96. The molecule has 0 amide bonds. The van der Waals surface area contributed by atoms with E-state index in [1.165, 1.54) is 36.4 Å². The Balaban J connectivity index is 2.14. The number of benzene rings is 2. The van der Waals surface area contributed by atoms with Crippen molar-refractivity contribution in [3.63, 3.8) is 0 Å². The van der Waals surface area contributed by atoms with Crippen molar-refractivity contribution >= 4 is 23.5 Å². The van der Waals surface area contributed by atoms with Crippen LogP contribution in [0.4, 0.5) is 0 Å². The summed E-state index contributed by atoms with van der Waals surface area (Å²) in [5, 5.41) is 19.6. The van der Waals surface area contributed by atoms with E-state index in [4.69, 9.17) is 16.3 Å². The first-order chi connectivity index (χ1) is 10.5. The summed E-state index contributed by atoms with van der Waals surface area (Å²) in [7, 11) is 0. The molecule has 2 rings (SSSR count). The first kappa shape index (κ1) is 16.0. The number of ether oxygens (including phenoxy) is 1. The molecule has 2 aromatic rings. The lowest BCUT2D eigenvalue weighted by atomic mass is 10.1. The van der Waals surface area contributed by atoms with Gasteiger partial charge in [0.25, 0.3) is 0 Å². The number of carbonyl (C=O) groups excluding carboxylic acids is 1. The quantitative estimate of drug-likeness (QED) is 0.828. The van der Waals surface area contributed by atoms with Crippen molar-refractivity contribution in [2.45, 2.75) is 12.2 Å². The highest BCUT2D eigenvalue weighted by Gasteiger charge is 2.28. The molecule has 0 aliphatic rings. The van der Waals surface area contributed by atoms with E-state index in [0.717, 1.165) is 0 Å². The van der Waals surface area contributed by atoms with Crippen LogP contribution in [0.1, 0.15) is 23.3 Å². The summed E-state index contributed by atoms with van der Waals surface area (Å²) in [4.78, 5) is 23.2. The summed E-state index contributed by atoms with van der Waals surface area (Å²) in [5.41, 5.74) is 0.582. The lowest BCUT2D eigenvalue weighted by molar-refractivity contribution is -0.171. The average molecular weight is 321 g/mol. The van der Waals surface area contributed by atoms with Gasteiger partial charge in [-0.1, -0.05) is 54.1 Å². The first-order valence-corrected chi connectivity index (χ1v) is 6.78. The molecule has 0 saturated heterocycles. The lowest BCUT2D eigenvalue weighted by Crippen LogP contribution is -2.23. The summed E-state index contributed by atoms with van der Waals surface area (Å²) in [6, 6.07) is 14.0. The number of carbonyl (C=O) groups is 2. The molecule has 0 radical (unpaired) electrons. The third-order valence-corrected chi connectivity index (χ3v) is 3.22. The van der Waals surface area contributed by atoms with E-state index in [9.17, 15) is 19.8 Å². The number of esters is 1. The zero-order valence-corrected chi connectivity index (χ0v) is 12.1. The molecule has 0 fully saturated rings. The highest BCUT2D eigenvalue weighted by Crippen LogP contribution is 2.23. The highest BCUT2D eigenvalue weighted by atomic mass is 35.5. The van der Waals surface area contributed by atoms with Crippen LogP contribution in [-0.4, -0.2) is 22.2 Å². The number of hydrogen-bond donors (Lipinski definition) is 2. The summed E-state index contributed by atoms with van der Waals surface area (Å²) in [6.07, 6.45) is -3.06. The molecule has 0 heterocycles. The number of aliphatic hydroxyl groups excluding tert-OH is 1. The van der Waals surface area contributed by atoms with Crippen LogP contribution in [0.3, 0.4) is 0 Å². The normalized spacial score (nSPS) is 13.2. The monoisotopic (exact) mass is 320 g/mol. The number of hydrogen-bond acceptors (Lipinski definition) is 4. The molecule has 22 heavy (non-hydrogen) atoms. The smallest absolute Gasteiger partial charge is 0.349 e. The van der Waals surface area contributed by atoms with E-state index in [2.05, 4.69) is 0 Å². The van der Waals surface area contributed by atoms with Gasteiger partial charge in [0.1, 0.15) is 0 Å². The van der Waals surface area contributed by atoms with E-state index in [-0.39, 0.29) is 5.56 Å². The van der Waals surface area contributed by atoms with E-state index in [1.54, 1.807) is 18.2 Å². The summed E-state index contributed by atoms with van der Waals surface area (Å²) < 4.78 is 4.92. The minimum absolute atomic E-state index is 0.270. The number of halogens is 1. The molecule has 6 heteroatoms. The summed E-state index contributed by atoms with van der Waals surface area (Å²) in [5.74, 6) is -2.36. The summed E-state index contributed by atoms with van der Waals surface area (Å²) >= 11 is 5.73. The number of carboxylic acids is 1. The first-order valence-electron chi connectivity index (χ1n) is 6.41. The number of rotatable bonds is 5. The molecule has 2 unspecified atom stereocenters. The third kappa shape index (κ3) is 3.84. The van der Waals surface area contributed by atoms with Gasteiger partial charge in [-0.2, -0.15) is 0 Å². The lowest BCUT2D eigenvalue weighted by Gasteiger charge is -2.17. The molecular formula is C16H13ClO5. The Bertz CT molecular complexity index is 654. The molecule has 5 nitrogen and oxygen atoms in total. The van der Waals surface area contributed by atoms with Crippen molar-refractivity contribution in [2.75, 3.05) is 0 Å². The molecule has 0 bridgehead atoms. The van der Waals surface area contributed by atoms with Gasteiger partial charge in [0, 0.05) is 10.6 Å². The highest BCUT2D eigenvalue weighted by molar-refractivity contribution is 6.30. The predicted molar refractivity (Wildman–Crippen MR) is 79.3 cm³/mol. The fourth-order valence-electron chi connectivity index (χ4n) is 1.85. The maximum atomic E-state index is 11.9. The largest absolute Gasteiger partial charge is 0.478 e. The van der Waals surface area contributed by atoms with Crippen molar-refractivity contribution in [2.24, 2.45) is 0 Å². The van der Waals surface area contributed by atoms with Crippen LogP contribution in [0.2, 0.25) is 5.02 Å². The Labute approximate surface area is 131 Å². The number of carboxylic acid groups (broad SMARTS) is 1. The van der Waals surface area contributed by atoms with E-state index in [1.807, 2.05) is 0 Å². The van der Waals surface area contributed by atoms with Crippen molar-refractivity contribution in [3.05, 3.63) is 70.7 Å². The molecule has 0 aliphatic carbocycles. The minimum Gasteiger partial charge on any atom is -0.478 e. The Morgan fingerprint density at radius 1 is 0.955 bits per heavy atom. The zero-order valence-electron chi connectivity index (χ0n) is 11.3. The van der Waals surface area contributed by atoms with Crippen molar-refractivity contribution in [1.29, 1.82) is 0 Å². The van der Waals surface area contributed by atoms with Crippen LogP contribution in [-0.2, 0) is 14.3 Å². The standard InChI is InChI=1S/C16H13ClO5/c17-12-8-6-10(7-9-12)13(18)16(21)22-14(15(19)20)11-4-2-1-3-5-11/h1-9,13-14,18H,(H,19,20). The Hall–Kier alpha value is -2.37. The maximum absolute atomic E-state index is 11.9. The molecule has 114 valence electrons. The van der Waals surface area contributed by atoms with Gasteiger partial charge in [-0.3, -0.25) is 0 Å². The molecular weight excluding hydrogens is 308 g/mol. The molecule has 0 spiro atoms. The topological polar surface area (TPSA) is 83.8 Å². The maximum Gasteiger partial charge on any atom is 0.349 e. The molecule has 2 atom stereocenters. The van der Waals surface area contributed by atoms with Crippen LogP contribution in [0.5, 0.6) is 0 Å². The zero-order chi connectivity index (χ0) is 16.1. The molecule has 2 aromatic carbocycles. The van der Waals surface area contributed by atoms with Gasteiger partial charge in [-0.05, 0) is 17.7 Å². The second-order valence-electron chi connectivity index (χ2n) is 4.52. The van der Waals surface area contributed by atoms with Crippen molar-refractivity contribution in [1.82, 2.24) is 0 Å². The molecule has 2 N–H and O–H groups in total. The van der Waals surface area contributed by atoms with Gasteiger partial charge in [0.2, 0.25) is 6.10 Å². The van der Waals surface area contributed by atoms with Crippen LogP contribution < -0.4 is 0 Å². The van der Waals surface area contributed by atoms with Gasteiger partial charge >= 0.3 is 11.9 Å². The van der Waals surface area contributed by atoms with Gasteiger partial charge in [-0.25, -0.2) is 9.59 Å². The number of aliphatic hydroxyl groups is 1. The average Bonchev–Trinajstić information content (AvgIpc) is 2.53. The van der Waals surface area contributed by atoms with Crippen molar-refractivity contribution in [3.8, 4) is 0 Å². The van der Waals surface area contributed by atoms with Crippen molar-refractivity contribution < 1.29 is 24.5 Å². The minimum atomic E-state index is -1.58. The Morgan fingerprint density at radius 3 is 2.09 bits per heavy atom. The second kappa shape index (κ2) is 7.06. The Kier molecular flexibility index (Phi) is 5.14. The van der Waals surface area contributed by atoms with Crippen LogP contribution in [0.15, 0.2) is 54.6 Å². The van der Waals surface area contributed by atoms with Crippen LogP contribution >= 0.6 is 11.6 Å². The predicted octanol–water partition coefficient (Wildman–Crippen LogP) is 2.74. The van der Waals surface area contributed by atoms with E-state index in [0.29, 0.717) is 10.6 Å².